The van der Waals surface area contributed by atoms with Crippen LogP contribution in [0.2, 0.25) is 0 Å². The fraction of sp³-hybridized carbons (Fsp3) is 0.455. The molecule has 1 aromatic heterocycles. The van der Waals surface area contributed by atoms with E-state index in [9.17, 15) is 9.59 Å². The van der Waals surface area contributed by atoms with Crippen molar-refractivity contribution in [3.8, 4) is 5.75 Å². The molecule has 1 N–H and O–H groups in total. The third-order valence-electron chi connectivity index (χ3n) is 5.20. The molecule has 0 fully saturated rings. The van der Waals surface area contributed by atoms with E-state index in [0.29, 0.717) is 22.9 Å². The van der Waals surface area contributed by atoms with Gasteiger partial charge in [-0.05, 0) is 68.7 Å². The molecule has 1 aromatic carbocycles. The molecule has 2 aromatic rings. The number of hydrogen-bond acceptors (Lipinski definition) is 5. The molecule has 0 spiro atoms. The molecule has 0 bridgehead atoms. The normalized spacial score (nSPS) is 15.6. The van der Waals surface area contributed by atoms with Crippen molar-refractivity contribution < 1.29 is 19.1 Å². The number of amides is 1. The topological polar surface area (TPSA) is 64.6 Å². The maximum Gasteiger partial charge on any atom is 0.341 e. The first-order chi connectivity index (χ1) is 13.4. The van der Waals surface area contributed by atoms with E-state index >= 15 is 0 Å². The summed E-state index contributed by atoms with van der Waals surface area (Å²) in [5.74, 6) is 0.341. The Bertz CT molecular complexity index is 887. The molecule has 0 radical (unpaired) electrons. The summed E-state index contributed by atoms with van der Waals surface area (Å²) >= 11 is 1.49. The Morgan fingerprint density at radius 1 is 1.29 bits per heavy atom. The Hall–Kier alpha value is -2.34. The summed E-state index contributed by atoms with van der Waals surface area (Å²) in [5, 5.41) is 3.46. The number of rotatable bonds is 6. The lowest BCUT2D eigenvalue weighted by Gasteiger charge is -2.19. The van der Waals surface area contributed by atoms with Gasteiger partial charge < -0.3 is 14.8 Å². The van der Waals surface area contributed by atoms with Crippen LogP contribution in [0.1, 0.15) is 64.5 Å². The van der Waals surface area contributed by atoms with Crippen molar-refractivity contribution in [1.29, 1.82) is 0 Å². The number of thiophene rings is 1. The monoisotopic (exact) mass is 401 g/mol. The van der Waals surface area contributed by atoms with Crippen molar-refractivity contribution in [2.45, 2.75) is 52.9 Å². The number of carbonyl (C=O) groups excluding carboxylic acids is 2. The van der Waals surface area contributed by atoms with Gasteiger partial charge in [-0.3, -0.25) is 4.79 Å². The summed E-state index contributed by atoms with van der Waals surface area (Å²) in [7, 11) is 0. The molecule has 1 atom stereocenters. The Morgan fingerprint density at radius 2 is 2.07 bits per heavy atom. The number of hydrogen-bond donors (Lipinski definition) is 1. The fourth-order valence-corrected chi connectivity index (χ4v) is 4.96. The van der Waals surface area contributed by atoms with E-state index in [4.69, 9.17) is 9.47 Å². The van der Waals surface area contributed by atoms with E-state index in [1.807, 2.05) is 32.0 Å². The molecule has 0 aliphatic heterocycles. The molecule has 1 heterocycles. The molecule has 6 heteroatoms. The number of carbonyl (C=O) groups is 2. The van der Waals surface area contributed by atoms with Gasteiger partial charge in [-0.25, -0.2) is 4.79 Å². The SMILES string of the molecule is CCOC(=O)c1c(NC(=O)COc2cccc(C)c2C)sc2c1C(C)CCC2. The summed E-state index contributed by atoms with van der Waals surface area (Å²) in [6, 6.07) is 5.76. The highest BCUT2D eigenvalue weighted by atomic mass is 32.1. The van der Waals surface area contributed by atoms with E-state index in [1.165, 1.54) is 16.2 Å². The van der Waals surface area contributed by atoms with Crippen LogP contribution < -0.4 is 10.1 Å². The number of nitrogens with one attached hydrogen (secondary N) is 1. The first-order valence-electron chi connectivity index (χ1n) is 9.73. The quantitative estimate of drug-likeness (QED) is 0.692. The highest BCUT2D eigenvalue weighted by molar-refractivity contribution is 7.17. The van der Waals surface area contributed by atoms with Gasteiger partial charge in [0, 0.05) is 4.88 Å². The third kappa shape index (κ3) is 4.22. The van der Waals surface area contributed by atoms with Gasteiger partial charge in [0.15, 0.2) is 6.61 Å². The maximum atomic E-state index is 12.6. The lowest BCUT2D eigenvalue weighted by molar-refractivity contribution is -0.118. The van der Waals surface area contributed by atoms with Crippen LogP contribution in [0.15, 0.2) is 18.2 Å². The van der Waals surface area contributed by atoms with Crippen LogP contribution in [0, 0.1) is 13.8 Å². The molecule has 150 valence electrons. The van der Waals surface area contributed by atoms with Gasteiger partial charge in [0.25, 0.3) is 5.91 Å². The lowest BCUT2D eigenvalue weighted by Crippen LogP contribution is -2.22. The second-order valence-corrected chi connectivity index (χ2v) is 8.30. The van der Waals surface area contributed by atoms with Gasteiger partial charge in [-0.2, -0.15) is 0 Å². The Kier molecular flexibility index (Phi) is 6.39. The molecule has 1 aliphatic rings. The largest absolute Gasteiger partial charge is 0.483 e. The van der Waals surface area contributed by atoms with E-state index in [1.54, 1.807) is 6.92 Å². The van der Waals surface area contributed by atoms with Crippen molar-refractivity contribution >= 4 is 28.2 Å². The summed E-state index contributed by atoms with van der Waals surface area (Å²) in [4.78, 5) is 26.3. The number of benzene rings is 1. The fourth-order valence-electron chi connectivity index (χ4n) is 3.59. The summed E-state index contributed by atoms with van der Waals surface area (Å²) in [6.07, 6.45) is 3.07. The van der Waals surface area contributed by atoms with E-state index in [0.717, 1.165) is 36.0 Å². The van der Waals surface area contributed by atoms with Crippen LogP contribution in [0.3, 0.4) is 0 Å². The smallest absolute Gasteiger partial charge is 0.341 e. The standard InChI is InChI=1S/C22H27NO4S/c1-5-26-22(25)20-19-14(3)9-7-11-17(19)28-21(20)23-18(24)12-27-16-10-6-8-13(2)15(16)4/h6,8,10,14H,5,7,9,11-12H2,1-4H3,(H,23,24). The predicted octanol–water partition coefficient (Wildman–Crippen LogP) is 5.00. The van der Waals surface area contributed by atoms with Gasteiger partial charge >= 0.3 is 5.97 Å². The summed E-state index contributed by atoms with van der Waals surface area (Å²) in [5.41, 5.74) is 3.69. The van der Waals surface area contributed by atoms with Crippen LogP contribution in [-0.2, 0) is 16.0 Å². The minimum Gasteiger partial charge on any atom is -0.483 e. The number of aryl methyl sites for hydroxylation is 2. The first-order valence-corrected chi connectivity index (χ1v) is 10.6. The first kappa shape index (κ1) is 20.4. The second kappa shape index (κ2) is 8.78. The number of fused-ring (bicyclic) bond motifs is 1. The summed E-state index contributed by atoms with van der Waals surface area (Å²) in [6.45, 7) is 8.09. The molecule has 28 heavy (non-hydrogen) atoms. The van der Waals surface area contributed by atoms with Gasteiger partial charge in [0.1, 0.15) is 10.8 Å². The molecule has 1 unspecified atom stereocenters. The minimum atomic E-state index is -0.362. The van der Waals surface area contributed by atoms with Crippen LogP contribution in [0.4, 0.5) is 5.00 Å². The van der Waals surface area contributed by atoms with Gasteiger partial charge in [-0.15, -0.1) is 11.3 Å². The van der Waals surface area contributed by atoms with Crippen LogP contribution in [0.5, 0.6) is 5.75 Å². The van der Waals surface area contributed by atoms with E-state index in [2.05, 4.69) is 12.2 Å². The van der Waals surface area contributed by atoms with E-state index < -0.39 is 0 Å². The Labute approximate surface area is 170 Å². The van der Waals surface area contributed by atoms with Crippen LogP contribution in [-0.4, -0.2) is 25.1 Å². The van der Waals surface area contributed by atoms with Gasteiger partial charge in [0.05, 0.1) is 12.2 Å². The minimum absolute atomic E-state index is 0.106. The van der Waals surface area contributed by atoms with Crippen LogP contribution in [0.25, 0.3) is 0 Å². The average Bonchev–Trinajstić information content (AvgIpc) is 3.02. The number of anilines is 1. The van der Waals surface area contributed by atoms with Crippen molar-refractivity contribution in [3.63, 3.8) is 0 Å². The summed E-state index contributed by atoms with van der Waals surface area (Å²) < 4.78 is 11.0. The molecular weight excluding hydrogens is 374 g/mol. The Balaban J connectivity index is 1.78. The number of esters is 1. The molecule has 3 rings (SSSR count). The Morgan fingerprint density at radius 3 is 2.82 bits per heavy atom. The molecule has 0 saturated heterocycles. The van der Waals surface area contributed by atoms with Crippen molar-refractivity contribution in [3.05, 3.63) is 45.3 Å². The molecule has 0 saturated carbocycles. The van der Waals surface area contributed by atoms with Crippen LogP contribution >= 0.6 is 11.3 Å². The van der Waals surface area contributed by atoms with Crippen molar-refractivity contribution in [2.75, 3.05) is 18.5 Å². The molecule has 1 aliphatic carbocycles. The predicted molar refractivity (Wildman–Crippen MR) is 112 cm³/mol. The highest BCUT2D eigenvalue weighted by Crippen LogP contribution is 2.43. The van der Waals surface area contributed by atoms with Gasteiger partial charge in [-0.1, -0.05) is 19.1 Å². The maximum absolute atomic E-state index is 12.6. The molecule has 1 amide bonds. The van der Waals surface area contributed by atoms with Gasteiger partial charge in [0.2, 0.25) is 0 Å². The zero-order valence-electron chi connectivity index (χ0n) is 16.9. The highest BCUT2D eigenvalue weighted by Gasteiger charge is 2.30. The molecule has 5 nitrogen and oxygen atoms in total. The third-order valence-corrected chi connectivity index (χ3v) is 6.38. The average molecular weight is 402 g/mol. The van der Waals surface area contributed by atoms with E-state index in [-0.39, 0.29) is 24.4 Å². The zero-order chi connectivity index (χ0) is 20.3. The number of ether oxygens (including phenoxy) is 2. The second-order valence-electron chi connectivity index (χ2n) is 7.19. The van der Waals surface area contributed by atoms with Crippen molar-refractivity contribution in [1.82, 2.24) is 0 Å². The van der Waals surface area contributed by atoms with Crippen molar-refractivity contribution in [2.24, 2.45) is 0 Å². The lowest BCUT2D eigenvalue weighted by atomic mass is 9.86. The molecular formula is C22H27NO4S. The zero-order valence-corrected chi connectivity index (χ0v) is 17.7.